The third kappa shape index (κ3) is 3.14. The molecule has 3 nitrogen and oxygen atoms in total. The highest BCUT2D eigenvalue weighted by Crippen LogP contribution is 2.29. The Morgan fingerprint density at radius 2 is 2.12 bits per heavy atom. The minimum absolute atomic E-state index is 0.214. The number of phenolic OH excluding ortho intramolecular Hbond substituents is 1. The number of rotatable bonds is 5. The number of ether oxygens (including phenoxy) is 1. The summed E-state index contributed by atoms with van der Waals surface area (Å²) >= 11 is 0. The van der Waals surface area contributed by atoms with Crippen molar-refractivity contribution in [2.24, 2.45) is 0 Å². The first kappa shape index (κ1) is 12.8. The van der Waals surface area contributed by atoms with Gasteiger partial charge in [0.1, 0.15) is 0 Å². The van der Waals surface area contributed by atoms with Crippen LogP contribution in [-0.4, -0.2) is 37.3 Å². The van der Waals surface area contributed by atoms with Gasteiger partial charge in [-0.2, -0.15) is 0 Å². The van der Waals surface area contributed by atoms with E-state index in [1.54, 1.807) is 13.2 Å². The summed E-state index contributed by atoms with van der Waals surface area (Å²) in [4.78, 5) is 2.26. The molecule has 0 saturated carbocycles. The molecule has 0 aromatic heterocycles. The summed E-state index contributed by atoms with van der Waals surface area (Å²) in [7, 11) is 3.66. The van der Waals surface area contributed by atoms with Crippen LogP contribution >= 0.6 is 0 Å². The molecule has 16 heavy (non-hydrogen) atoms. The highest BCUT2D eigenvalue weighted by molar-refractivity contribution is 5.42. The molecular formula is C13H21NO2. The first-order valence-electron chi connectivity index (χ1n) is 5.64. The summed E-state index contributed by atoms with van der Waals surface area (Å²) in [5.41, 5.74) is 1.14. The zero-order chi connectivity index (χ0) is 12.1. The molecule has 0 saturated heterocycles. The SMILES string of the molecule is CCN(C)CC(C)c1ccc(OC)c(O)c1. The van der Waals surface area contributed by atoms with Crippen molar-refractivity contribution in [1.82, 2.24) is 4.90 Å². The molecule has 0 amide bonds. The van der Waals surface area contributed by atoms with Crippen molar-refractivity contribution in [3.63, 3.8) is 0 Å². The number of phenols is 1. The molecule has 1 atom stereocenters. The van der Waals surface area contributed by atoms with Gasteiger partial charge in [0, 0.05) is 6.54 Å². The lowest BCUT2D eigenvalue weighted by Gasteiger charge is -2.20. The van der Waals surface area contributed by atoms with Gasteiger partial charge in [-0.25, -0.2) is 0 Å². The van der Waals surface area contributed by atoms with Crippen LogP contribution < -0.4 is 4.74 Å². The minimum Gasteiger partial charge on any atom is -0.504 e. The van der Waals surface area contributed by atoms with Crippen LogP contribution in [0.2, 0.25) is 0 Å². The van der Waals surface area contributed by atoms with Gasteiger partial charge in [-0.3, -0.25) is 0 Å². The molecule has 0 bridgehead atoms. The van der Waals surface area contributed by atoms with Crippen molar-refractivity contribution in [2.45, 2.75) is 19.8 Å². The van der Waals surface area contributed by atoms with E-state index in [9.17, 15) is 5.11 Å². The quantitative estimate of drug-likeness (QED) is 0.832. The molecule has 1 aromatic carbocycles. The first-order chi connectivity index (χ1) is 7.58. The van der Waals surface area contributed by atoms with Gasteiger partial charge < -0.3 is 14.7 Å². The molecule has 0 heterocycles. The molecule has 0 radical (unpaired) electrons. The maximum absolute atomic E-state index is 9.69. The third-order valence-electron chi connectivity index (χ3n) is 2.90. The topological polar surface area (TPSA) is 32.7 Å². The van der Waals surface area contributed by atoms with Crippen molar-refractivity contribution < 1.29 is 9.84 Å². The van der Waals surface area contributed by atoms with Crippen molar-refractivity contribution >= 4 is 0 Å². The highest BCUT2D eigenvalue weighted by atomic mass is 16.5. The van der Waals surface area contributed by atoms with Gasteiger partial charge >= 0.3 is 0 Å². The van der Waals surface area contributed by atoms with Crippen molar-refractivity contribution in [3.05, 3.63) is 23.8 Å². The molecule has 0 aliphatic carbocycles. The second-order valence-corrected chi connectivity index (χ2v) is 4.19. The van der Waals surface area contributed by atoms with Gasteiger partial charge in [0.15, 0.2) is 11.5 Å². The molecule has 0 aliphatic rings. The van der Waals surface area contributed by atoms with Gasteiger partial charge in [-0.1, -0.05) is 19.9 Å². The molecule has 1 unspecified atom stereocenters. The fourth-order valence-corrected chi connectivity index (χ4v) is 1.72. The second kappa shape index (κ2) is 5.75. The fraction of sp³-hybridized carbons (Fsp3) is 0.538. The number of benzene rings is 1. The lowest BCUT2D eigenvalue weighted by atomic mass is 10.0. The molecule has 1 aromatic rings. The van der Waals surface area contributed by atoms with E-state index in [1.165, 1.54) is 0 Å². The summed E-state index contributed by atoms with van der Waals surface area (Å²) in [6, 6.07) is 5.60. The number of aromatic hydroxyl groups is 1. The molecular weight excluding hydrogens is 202 g/mol. The smallest absolute Gasteiger partial charge is 0.160 e. The maximum Gasteiger partial charge on any atom is 0.160 e. The van der Waals surface area contributed by atoms with E-state index < -0.39 is 0 Å². The van der Waals surface area contributed by atoms with Crippen molar-refractivity contribution in [3.8, 4) is 11.5 Å². The zero-order valence-electron chi connectivity index (χ0n) is 10.5. The monoisotopic (exact) mass is 223 g/mol. The average molecular weight is 223 g/mol. The Morgan fingerprint density at radius 3 is 2.62 bits per heavy atom. The molecule has 1 rings (SSSR count). The van der Waals surface area contributed by atoms with Crippen LogP contribution in [0, 0.1) is 0 Å². The number of hydrogen-bond acceptors (Lipinski definition) is 3. The molecule has 0 aliphatic heterocycles. The van der Waals surface area contributed by atoms with E-state index in [4.69, 9.17) is 4.74 Å². The summed E-state index contributed by atoms with van der Waals surface area (Å²) in [5, 5.41) is 9.69. The summed E-state index contributed by atoms with van der Waals surface area (Å²) in [6.45, 7) is 6.32. The summed E-state index contributed by atoms with van der Waals surface area (Å²) < 4.78 is 5.02. The van der Waals surface area contributed by atoms with Crippen LogP contribution in [0.1, 0.15) is 25.3 Å². The lowest BCUT2D eigenvalue weighted by molar-refractivity contribution is 0.332. The standard InChI is InChI=1S/C13H21NO2/c1-5-14(3)9-10(2)11-6-7-13(16-4)12(15)8-11/h6-8,10,15H,5,9H2,1-4H3. The minimum atomic E-state index is 0.214. The largest absolute Gasteiger partial charge is 0.504 e. The molecule has 1 N–H and O–H groups in total. The van der Waals surface area contributed by atoms with E-state index in [0.29, 0.717) is 11.7 Å². The summed E-state index contributed by atoms with van der Waals surface area (Å²) in [6.07, 6.45) is 0. The molecule has 0 spiro atoms. The van der Waals surface area contributed by atoms with Crippen molar-refractivity contribution in [2.75, 3.05) is 27.2 Å². The van der Waals surface area contributed by atoms with E-state index >= 15 is 0 Å². The first-order valence-corrected chi connectivity index (χ1v) is 5.64. The third-order valence-corrected chi connectivity index (χ3v) is 2.90. The van der Waals surface area contributed by atoms with Gasteiger partial charge in [0.2, 0.25) is 0 Å². The van der Waals surface area contributed by atoms with Gasteiger partial charge in [-0.05, 0) is 37.2 Å². The van der Waals surface area contributed by atoms with Gasteiger partial charge in [0.25, 0.3) is 0 Å². The summed E-state index contributed by atoms with van der Waals surface area (Å²) in [5.74, 6) is 1.15. The Balaban J connectivity index is 2.76. The molecule has 3 heteroatoms. The van der Waals surface area contributed by atoms with E-state index in [0.717, 1.165) is 18.7 Å². The normalized spacial score (nSPS) is 12.8. The van der Waals surface area contributed by atoms with E-state index in [-0.39, 0.29) is 5.75 Å². The Bertz CT molecular complexity index is 339. The van der Waals surface area contributed by atoms with Crippen LogP contribution in [-0.2, 0) is 0 Å². The van der Waals surface area contributed by atoms with E-state index in [1.807, 2.05) is 12.1 Å². The highest BCUT2D eigenvalue weighted by Gasteiger charge is 2.10. The molecule has 0 fully saturated rings. The number of hydrogen-bond donors (Lipinski definition) is 1. The van der Waals surface area contributed by atoms with Crippen LogP contribution in [0.4, 0.5) is 0 Å². The van der Waals surface area contributed by atoms with Gasteiger partial charge in [0.05, 0.1) is 7.11 Å². The predicted octanol–water partition coefficient (Wildman–Crippen LogP) is 2.46. The Hall–Kier alpha value is -1.22. The van der Waals surface area contributed by atoms with Crippen LogP contribution in [0.15, 0.2) is 18.2 Å². The fourth-order valence-electron chi connectivity index (χ4n) is 1.72. The van der Waals surface area contributed by atoms with Gasteiger partial charge in [-0.15, -0.1) is 0 Å². The van der Waals surface area contributed by atoms with E-state index in [2.05, 4.69) is 25.8 Å². The zero-order valence-corrected chi connectivity index (χ0v) is 10.5. The van der Waals surface area contributed by atoms with Crippen LogP contribution in [0.5, 0.6) is 11.5 Å². The average Bonchev–Trinajstić information content (AvgIpc) is 2.28. The predicted molar refractivity (Wildman–Crippen MR) is 66.2 cm³/mol. The lowest BCUT2D eigenvalue weighted by Crippen LogP contribution is -2.22. The Labute approximate surface area is 97.7 Å². The van der Waals surface area contributed by atoms with Crippen LogP contribution in [0.25, 0.3) is 0 Å². The molecule has 90 valence electrons. The second-order valence-electron chi connectivity index (χ2n) is 4.19. The number of nitrogens with zero attached hydrogens (tertiary/aromatic N) is 1. The maximum atomic E-state index is 9.69. The Morgan fingerprint density at radius 1 is 1.44 bits per heavy atom. The number of methoxy groups -OCH3 is 1. The van der Waals surface area contributed by atoms with Crippen molar-refractivity contribution in [1.29, 1.82) is 0 Å². The van der Waals surface area contributed by atoms with Crippen LogP contribution in [0.3, 0.4) is 0 Å². The Kier molecular flexibility index (Phi) is 4.62. The number of likely N-dealkylation sites (N-methyl/N-ethyl adjacent to an activating group) is 1.